The Morgan fingerprint density at radius 3 is 2.52 bits per heavy atom. The van der Waals surface area contributed by atoms with Crippen molar-refractivity contribution in [3.63, 3.8) is 0 Å². The van der Waals surface area contributed by atoms with Crippen molar-refractivity contribution in [1.29, 1.82) is 0 Å². The first-order chi connectivity index (χ1) is 14.7. The number of benzene rings is 1. The Morgan fingerprint density at radius 2 is 1.90 bits per heavy atom. The molecule has 0 spiro atoms. The second-order valence-electron chi connectivity index (χ2n) is 7.53. The molecule has 3 aromatic rings. The molecule has 0 radical (unpaired) electrons. The molecule has 3 rings (SSSR count). The summed E-state index contributed by atoms with van der Waals surface area (Å²) in [5.41, 5.74) is 3.51. The second-order valence-corrected chi connectivity index (χ2v) is 7.94. The minimum absolute atomic E-state index is 0.0301. The van der Waals surface area contributed by atoms with Gasteiger partial charge >= 0.3 is 5.97 Å². The first-order valence-electron chi connectivity index (χ1n) is 9.73. The van der Waals surface area contributed by atoms with Crippen molar-refractivity contribution in [1.82, 2.24) is 9.61 Å². The number of hydrogen-bond donors (Lipinski definition) is 2. The zero-order valence-electron chi connectivity index (χ0n) is 17.0. The van der Waals surface area contributed by atoms with E-state index < -0.39 is 24.3 Å². The fourth-order valence-corrected chi connectivity index (χ4v) is 3.72. The van der Waals surface area contributed by atoms with E-state index in [4.69, 9.17) is 16.7 Å². The van der Waals surface area contributed by atoms with Gasteiger partial charge in [0.15, 0.2) is 0 Å². The Hall–Kier alpha value is -3.03. The summed E-state index contributed by atoms with van der Waals surface area (Å²) in [6.07, 6.45) is 2.71. The van der Waals surface area contributed by atoms with Gasteiger partial charge in [-0.2, -0.15) is 5.10 Å². The predicted octanol–water partition coefficient (Wildman–Crippen LogP) is 4.73. The van der Waals surface area contributed by atoms with Crippen LogP contribution in [0.25, 0.3) is 22.9 Å². The monoisotopic (exact) mass is 444 g/mol. The van der Waals surface area contributed by atoms with E-state index in [0.717, 1.165) is 11.1 Å². The maximum Gasteiger partial charge on any atom is 0.310 e. The quantitative estimate of drug-likeness (QED) is 0.490. The fourth-order valence-electron chi connectivity index (χ4n) is 3.47. The number of ketones is 1. The van der Waals surface area contributed by atoms with Gasteiger partial charge in [0.25, 0.3) is 0 Å². The number of carbonyl (C=O) groups excluding carboxylic acids is 1. The third-order valence-corrected chi connectivity index (χ3v) is 5.10. The van der Waals surface area contributed by atoms with Gasteiger partial charge in [0.2, 0.25) is 0 Å². The van der Waals surface area contributed by atoms with Crippen LogP contribution in [0.1, 0.15) is 43.7 Å². The summed E-state index contributed by atoms with van der Waals surface area (Å²) in [5.74, 6) is -2.15. The Labute approximate surface area is 183 Å². The van der Waals surface area contributed by atoms with Crippen LogP contribution in [0.3, 0.4) is 0 Å². The van der Waals surface area contributed by atoms with E-state index in [1.807, 2.05) is 13.8 Å². The van der Waals surface area contributed by atoms with E-state index in [1.165, 1.54) is 18.2 Å². The maximum atomic E-state index is 13.5. The van der Waals surface area contributed by atoms with Gasteiger partial charge in [-0.05, 0) is 41.8 Å². The molecule has 2 N–H and O–H groups in total. The molecule has 2 aromatic heterocycles. The van der Waals surface area contributed by atoms with Gasteiger partial charge in [-0.1, -0.05) is 37.6 Å². The van der Waals surface area contributed by atoms with E-state index in [-0.39, 0.29) is 18.2 Å². The molecule has 0 aliphatic heterocycles. The Morgan fingerprint density at radius 1 is 1.23 bits per heavy atom. The molecule has 162 valence electrons. The summed E-state index contributed by atoms with van der Waals surface area (Å²) in [7, 11) is 0. The van der Waals surface area contributed by atoms with Gasteiger partial charge in [-0.3, -0.25) is 9.59 Å². The number of halogens is 2. The smallest absolute Gasteiger partial charge is 0.310 e. The standard InChI is InChI=1S/C23H22ClFN2O4/c1-13(2)21-18(8-7-16(28)11-17(29)12-20(30)31)22(14-3-5-15(25)6-4-14)26-27-10-9-19(24)23(21)27/h3-10,13,16,28H,11-12H2,1-2H3,(H,30,31)/b8-7+. The van der Waals surface area contributed by atoms with Gasteiger partial charge in [0.1, 0.15) is 18.0 Å². The molecule has 1 unspecified atom stereocenters. The average Bonchev–Trinajstić information content (AvgIpc) is 3.05. The van der Waals surface area contributed by atoms with Crippen LogP contribution in [-0.4, -0.2) is 37.7 Å². The number of aliphatic hydroxyl groups is 1. The zero-order valence-corrected chi connectivity index (χ0v) is 17.8. The van der Waals surface area contributed by atoms with Crippen molar-refractivity contribution < 1.29 is 24.2 Å². The van der Waals surface area contributed by atoms with Crippen LogP contribution in [-0.2, 0) is 9.59 Å². The molecule has 0 saturated heterocycles. The van der Waals surface area contributed by atoms with Crippen LogP contribution in [0.4, 0.5) is 4.39 Å². The van der Waals surface area contributed by atoms with Crippen molar-refractivity contribution in [2.45, 2.75) is 38.7 Å². The molecule has 6 nitrogen and oxygen atoms in total. The molecule has 0 amide bonds. The van der Waals surface area contributed by atoms with Crippen LogP contribution in [0.2, 0.25) is 5.02 Å². The SMILES string of the molecule is CC(C)c1c(/C=C/C(O)CC(=O)CC(=O)O)c(-c2ccc(F)cc2)nn2ccc(Cl)c12. The van der Waals surface area contributed by atoms with E-state index >= 15 is 0 Å². The van der Waals surface area contributed by atoms with E-state index in [0.29, 0.717) is 21.8 Å². The normalized spacial score (nSPS) is 12.7. The van der Waals surface area contributed by atoms with Crippen LogP contribution >= 0.6 is 11.6 Å². The Kier molecular flexibility index (Phi) is 6.87. The third-order valence-electron chi connectivity index (χ3n) is 4.79. The molecular formula is C23H22ClFN2O4. The molecule has 0 bridgehead atoms. The van der Waals surface area contributed by atoms with E-state index in [2.05, 4.69) is 5.10 Å². The minimum atomic E-state index is -1.24. The first kappa shape index (κ1) is 22.7. The number of Topliss-reactive ketones (excluding diaryl/α,β-unsaturated/α-hetero) is 1. The molecule has 0 aliphatic rings. The number of rotatable bonds is 8. The summed E-state index contributed by atoms with van der Waals surface area (Å²) in [4.78, 5) is 22.4. The number of aliphatic hydroxyl groups excluding tert-OH is 1. The highest BCUT2D eigenvalue weighted by Crippen LogP contribution is 2.36. The third kappa shape index (κ3) is 5.18. The molecule has 2 heterocycles. The number of aliphatic carboxylic acids is 1. The van der Waals surface area contributed by atoms with Crippen molar-refractivity contribution >= 4 is 34.9 Å². The van der Waals surface area contributed by atoms with Gasteiger partial charge < -0.3 is 10.2 Å². The van der Waals surface area contributed by atoms with Crippen molar-refractivity contribution in [3.05, 3.63) is 64.6 Å². The minimum Gasteiger partial charge on any atom is -0.481 e. The average molecular weight is 445 g/mol. The van der Waals surface area contributed by atoms with Crippen LogP contribution in [0.15, 0.2) is 42.6 Å². The summed E-state index contributed by atoms with van der Waals surface area (Å²) in [6, 6.07) is 7.64. The van der Waals surface area contributed by atoms with Crippen LogP contribution in [0.5, 0.6) is 0 Å². The highest BCUT2D eigenvalue weighted by molar-refractivity contribution is 6.34. The van der Waals surface area contributed by atoms with Gasteiger partial charge in [-0.15, -0.1) is 0 Å². The van der Waals surface area contributed by atoms with E-state index in [9.17, 15) is 19.1 Å². The number of carboxylic acids is 1. The Bertz CT molecular complexity index is 1150. The second kappa shape index (κ2) is 9.41. The highest BCUT2D eigenvalue weighted by atomic mass is 35.5. The maximum absolute atomic E-state index is 13.5. The number of carbonyl (C=O) groups is 2. The number of fused-ring (bicyclic) bond motifs is 1. The van der Waals surface area contributed by atoms with Gasteiger partial charge in [0, 0.05) is 23.7 Å². The summed E-state index contributed by atoms with van der Waals surface area (Å²) in [5, 5.41) is 24.1. The molecule has 31 heavy (non-hydrogen) atoms. The summed E-state index contributed by atoms with van der Waals surface area (Å²) >= 11 is 6.41. The largest absolute Gasteiger partial charge is 0.481 e. The number of carboxylic acid groups (broad SMARTS) is 1. The predicted molar refractivity (Wildman–Crippen MR) is 117 cm³/mol. The van der Waals surface area contributed by atoms with E-state index in [1.54, 1.807) is 35.0 Å². The van der Waals surface area contributed by atoms with Gasteiger partial charge in [0.05, 0.1) is 22.3 Å². The summed E-state index contributed by atoms with van der Waals surface area (Å²) < 4.78 is 15.1. The molecular weight excluding hydrogens is 423 g/mol. The lowest BCUT2D eigenvalue weighted by atomic mass is 9.93. The number of aromatic nitrogens is 2. The van der Waals surface area contributed by atoms with Crippen molar-refractivity contribution in [3.8, 4) is 11.3 Å². The van der Waals surface area contributed by atoms with Crippen LogP contribution in [0, 0.1) is 5.82 Å². The topological polar surface area (TPSA) is 91.9 Å². The summed E-state index contributed by atoms with van der Waals surface area (Å²) in [6.45, 7) is 3.99. The Balaban J connectivity index is 2.12. The molecule has 8 heteroatoms. The molecule has 1 aromatic carbocycles. The fraction of sp³-hybridized carbons (Fsp3) is 0.261. The lowest BCUT2D eigenvalue weighted by molar-refractivity contribution is -0.140. The van der Waals surface area contributed by atoms with Crippen molar-refractivity contribution in [2.75, 3.05) is 0 Å². The molecule has 1 atom stereocenters. The first-order valence-corrected chi connectivity index (χ1v) is 10.1. The number of nitrogens with zero attached hydrogens (tertiary/aromatic N) is 2. The van der Waals surface area contributed by atoms with Gasteiger partial charge in [-0.25, -0.2) is 8.91 Å². The number of hydrogen-bond acceptors (Lipinski definition) is 4. The lowest BCUT2D eigenvalue weighted by Gasteiger charge is -2.17. The van der Waals surface area contributed by atoms with Crippen LogP contribution < -0.4 is 0 Å². The molecule has 0 aliphatic carbocycles. The highest BCUT2D eigenvalue weighted by Gasteiger charge is 2.20. The molecule has 0 saturated carbocycles. The van der Waals surface area contributed by atoms with Crippen molar-refractivity contribution in [2.24, 2.45) is 0 Å². The molecule has 0 fully saturated rings. The lowest BCUT2D eigenvalue weighted by Crippen LogP contribution is -2.14. The zero-order chi connectivity index (χ0) is 22.7.